The van der Waals surface area contributed by atoms with Crippen LogP contribution in [0.3, 0.4) is 0 Å². The number of benzene rings is 1. The van der Waals surface area contributed by atoms with Gasteiger partial charge in [0.2, 0.25) is 0 Å². The van der Waals surface area contributed by atoms with Crippen LogP contribution in [0.2, 0.25) is 0 Å². The Morgan fingerprint density at radius 3 is 2.82 bits per heavy atom. The Bertz CT molecular complexity index is 689. The summed E-state index contributed by atoms with van der Waals surface area (Å²) in [5, 5.41) is 0.553. The summed E-state index contributed by atoms with van der Waals surface area (Å²) in [5.74, 6) is -0.410. The fraction of sp³-hybridized carbons (Fsp3) is 0.529. The molecule has 0 spiro atoms. The molecule has 1 aliphatic carbocycles. The molecule has 1 aromatic heterocycles. The lowest BCUT2D eigenvalue weighted by molar-refractivity contribution is -0.162. The van der Waals surface area contributed by atoms with Gasteiger partial charge in [0.05, 0.1) is 16.1 Å². The number of ether oxygens (including phenoxy) is 1. The molecule has 4 nitrogen and oxygen atoms in total. The van der Waals surface area contributed by atoms with Crippen LogP contribution in [-0.2, 0) is 9.53 Å². The van der Waals surface area contributed by atoms with Crippen LogP contribution < -0.4 is 5.73 Å². The molecule has 2 aromatic rings. The first-order valence-corrected chi connectivity index (χ1v) is 8.67. The third-order valence-electron chi connectivity index (χ3n) is 4.54. The van der Waals surface area contributed by atoms with Gasteiger partial charge in [-0.15, -0.1) is 0 Å². The van der Waals surface area contributed by atoms with Crippen molar-refractivity contribution in [1.29, 1.82) is 0 Å². The van der Waals surface area contributed by atoms with Gasteiger partial charge in [-0.2, -0.15) is 0 Å². The van der Waals surface area contributed by atoms with Gasteiger partial charge in [-0.05, 0) is 57.2 Å². The highest BCUT2D eigenvalue weighted by atomic mass is 32.1. The van der Waals surface area contributed by atoms with E-state index in [4.69, 9.17) is 10.5 Å². The number of carbonyl (C=O) groups is 1. The minimum Gasteiger partial charge on any atom is -0.459 e. The van der Waals surface area contributed by atoms with Crippen LogP contribution in [0.1, 0.15) is 57.4 Å². The molecule has 5 heteroatoms. The van der Waals surface area contributed by atoms with Gasteiger partial charge in [0.25, 0.3) is 0 Å². The Hall–Kier alpha value is -1.62. The van der Waals surface area contributed by atoms with Crippen molar-refractivity contribution in [2.45, 2.75) is 57.5 Å². The molecule has 0 amide bonds. The fourth-order valence-electron chi connectivity index (χ4n) is 3.10. The van der Waals surface area contributed by atoms with Crippen LogP contribution >= 0.6 is 11.3 Å². The summed E-state index contributed by atoms with van der Waals surface area (Å²) in [6.45, 7) is 3.96. The Kier molecular flexibility index (Phi) is 4.08. The first-order valence-electron chi connectivity index (χ1n) is 7.86. The molecule has 1 unspecified atom stereocenters. The number of hydrogen-bond donors (Lipinski definition) is 1. The maximum atomic E-state index is 12.5. The number of nitrogens with zero attached hydrogens (tertiary/aromatic N) is 1. The molecule has 1 aromatic carbocycles. The highest BCUT2D eigenvalue weighted by Crippen LogP contribution is 2.34. The van der Waals surface area contributed by atoms with Gasteiger partial charge < -0.3 is 10.5 Å². The van der Waals surface area contributed by atoms with E-state index in [1.54, 1.807) is 0 Å². The standard InChI is InChI=1S/C17H22N2O2S/c1-11(15(20)21-17(2)8-4-3-5-9-17)12-6-7-13-14(10-12)22-16(18)19-13/h6-7,10-11H,3-5,8-9H2,1-2H3,(H2,18,19). The number of hydrogen-bond acceptors (Lipinski definition) is 5. The molecule has 1 aliphatic rings. The van der Waals surface area contributed by atoms with Gasteiger partial charge in [0.1, 0.15) is 5.60 Å². The molecule has 1 atom stereocenters. The van der Waals surface area contributed by atoms with Crippen molar-refractivity contribution in [2.24, 2.45) is 0 Å². The molecule has 1 saturated carbocycles. The van der Waals surface area contributed by atoms with Gasteiger partial charge in [0, 0.05) is 0 Å². The smallest absolute Gasteiger partial charge is 0.313 e. The highest BCUT2D eigenvalue weighted by Gasteiger charge is 2.32. The molecule has 22 heavy (non-hydrogen) atoms. The Labute approximate surface area is 134 Å². The van der Waals surface area contributed by atoms with E-state index in [2.05, 4.69) is 11.9 Å². The van der Waals surface area contributed by atoms with E-state index >= 15 is 0 Å². The molecule has 0 radical (unpaired) electrons. The van der Waals surface area contributed by atoms with Crippen molar-refractivity contribution < 1.29 is 9.53 Å². The van der Waals surface area contributed by atoms with Crippen LogP contribution in [-0.4, -0.2) is 16.6 Å². The predicted molar refractivity (Wildman–Crippen MR) is 90.0 cm³/mol. The molecule has 1 fully saturated rings. The normalized spacial score (nSPS) is 19.0. The lowest BCUT2D eigenvalue weighted by Crippen LogP contribution is -2.35. The first kappa shape index (κ1) is 15.3. The van der Waals surface area contributed by atoms with E-state index in [1.165, 1.54) is 17.8 Å². The van der Waals surface area contributed by atoms with Gasteiger partial charge in [-0.25, -0.2) is 4.98 Å². The molecule has 0 saturated heterocycles. The average molecular weight is 318 g/mol. The summed E-state index contributed by atoms with van der Waals surface area (Å²) in [4.78, 5) is 16.7. The zero-order valence-electron chi connectivity index (χ0n) is 13.1. The maximum Gasteiger partial charge on any atom is 0.313 e. The second-order valence-electron chi connectivity index (χ2n) is 6.43. The molecular weight excluding hydrogens is 296 g/mol. The average Bonchev–Trinajstić information content (AvgIpc) is 2.85. The van der Waals surface area contributed by atoms with Gasteiger partial charge in [-0.3, -0.25) is 4.79 Å². The fourth-order valence-corrected chi connectivity index (χ4v) is 3.88. The summed E-state index contributed by atoms with van der Waals surface area (Å²) in [7, 11) is 0. The number of aromatic nitrogens is 1. The number of esters is 1. The summed E-state index contributed by atoms with van der Waals surface area (Å²) < 4.78 is 6.85. The Morgan fingerprint density at radius 2 is 2.09 bits per heavy atom. The molecular formula is C17H22N2O2S. The zero-order chi connectivity index (χ0) is 15.7. The highest BCUT2D eigenvalue weighted by molar-refractivity contribution is 7.22. The summed E-state index contributed by atoms with van der Waals surface area (Å²) >= 11 is 1.44. The summed E-state index contributed by atoms with van der Waals surface area (Å²) in [6, 6.07) is 5.86. The maximum absolute atomic E-state index is 12.5. The van der Waals surface area contributed by atoms with Crippen LogP contribution in [0.15, 0.2) is 18.2 Å². The number of fused-ring (bicyclic) bond motifs is 1. The lowest BCUT2D eigenvalue weighted by Gasteiger charge is -2.34. The zero-order valence-corrected chi connectivity index (χ0v) is 13.9. The first-order chi connectivity index (χ1) is 10.5. The van der Waals surface area contributed by atoms with E-state index in [0.29, 0.717) is 5.13 Å². The molecule has 0 bridgehead atoms. The van der Waals surface area contributed by atoms with Crippen LogP contribution in [0.5, 0.6) is 0 Å². The molecule has 118 valence electrons. The topological polar surface area (TPSA) is 65.2 Å². The van der Waals surface area contributed by atoms with E-state index in [-0.39, 0.29) is 17.5 Å². The largest absolute Gasteiger partial charge is 0.459 e. The molecule has 1 heterocycles. The van der Waals surface area contributed by atoms with Crippen LogP contribution in [0.4, 0.5) is 5.13 Å². The third kappa shape index (κ3) is 3.09. The number of nitrogens with two attached hydrogens (primary N) is 1. The molecule has 0 aliphatic heterocycles. The SMILES string of the molecule is CC(C(=O)OC1(C)CCCCC1)c1ccc2nc(N)sc2c1. The van der Waals surface area contributed by atoms with Gasteiger partial charge >= 0.3 is 5.97 Å². The van der Waals surface area contributed by atoms with Gasteiger partial charge in [-0.1, -0.05) is 23.8 Å². The van der Waals surface area contributed by atoms with Crippen LogP contribution in [0.25, 0.3) is 10.2 Å². The van der Waals surface area contributed by atoms with Crippen molar-refractivity contribution in [1.82, 2.24) is 4.98 Å². The summed E-state index contributed by atoms with van der Waals surface area (Å²) in [5.41, 5.74) is 7.28. The van der Waals surface area contributed by atoms with Crippen molar-refractivity contribution in [3.8, 4) is 0 Å². The number of rotatable bonds is 3. The summed E-state index contributed by atoms with van der Waals surface area (Å²) in [6.07, 6.45) is 5.46. The van der Waals surface area contributed by atoms with E-state index < -0.39 is 0 Å². The number of carbonyl (C=O) groups excluding carboxylic acids is 1. The van der Waals surface area contributed by atoms with Crippen molar-refractivity contribution in [3.63, 3.8) is 0 Å². The Morgan fingerprint density at radius 1 is 1.36 bits per heavy atom. The number of anilines is 1. The third-order valence-corrected chi connectivity index (χ3v) is 5.39. The molecule has 3 rings (SSSR count). The minimum atomic E-state index is -0.289. The van der Waals surface area contributed by atoms with E-state index in [1.807, 2.05) is 25.1 Å². The van der Waals surface area contributed by atoms with Crippen molar-refractivity contribution >= 4 is 32.7 Å². The molecule has 2 N–H and O–H groups in total. The quantitative estimate of drug-likeness (QED) is 0.859. The number of thiazole rings is 1. The monoisotopic (exact) mass is 318 g/mol. The minimum absolute atomic E-state index is 0.138. The number of nitrogen functional groups attached to an aromatic ring is 1. The predicted octanol–water partition coefficient (Wildman–Crippen LogP) is 4.25. The second-order valence-corrected chi connectivity index (χ2v) is 7.49. The Balaban J connectivity index is 1.76. The van der Waals surface area contributed by atoms with Gasteiger partial charge in [0.15, 0.2) is 5.13 Å². The van der Waals surface area contributed by atoms with Crippen LogP contribution in [0, 0.1) is 0 Å². The van der Waals surface area contributed by atoms with E-state index in [9.17, 15) is 4.79 Å². The van der Waals surface area contributed by atoms with Crippen molar-refractivity contribution in [2.75, 3.05) is 5.73 Å². The van der Waals surface area contributed by atoms with E-state index in [0.717, 1.165) is 41.5 Å². The lowest BCUT2D eigenvalue weighted by atomic mass is 9.86. The van der Waals surface area contributed by atoms with Crippen molar-refractivity contribution in [3.05, 3.63) is 23.8 Å². The second kappa shape index (κ2) is 5.88.